The van der Waals surface area contributed by atoms with Crippen LogP contribution in [0.15, 0.2) is 18.2 Å². The maximum Gasteiger partial charge on any atom is 0.228 e. The summed E-state index contributed by atoms with van der Waals surface area (Å²) in [6, 6.07) is 5.94. The number of benzene rings is 1. The minimum absolute atomic E-state index is 0.0179. The minimum Gasteiger partial charge on any atom is -0.311 e. The van der Waals surface area contributed by atoms with Crippen LogP contribution in [0.2, 0.25) is 0 Å². The van der Waals surface area contributed by atoms with E-state index in [9.17, 15) is 13.2 Å². The second-order valence-corrected chi connectivity index (χ2v) is 7.07. The number of nitrogens with zero attached hydrogens (tertiary/aromatic N) is 1. The van der Waals surface area contributed by atoms with Crippen LogP contribution in [-0.2, 0) is 27.7 Å². The average Bonchev–Trinajstić information content (AvgIpc) is 2.92. The third-order valence-electron chi connectivity index (χ3n) is 3.95. The number of hydrogen-bond acceptors (Lipinski definition) is 3. The van der Waals surface area contributed by atoms with Crippen LogP contribution in [0.4, 0.5) is 5.69 Å². The van der Waals surface area contributed by atoms with E-state index in [0.717, 1.165) is 24.9 Å². The Labute approximate surface area is 112 Å². The third kappa shape index (κ3) is 2.26. The van der Waals surface area contributed by atoms with Gasteiger partial charge in [0.05, 0.1) is 0 Å². The Morgan fingerprint density at radius 3 is 2.63 bits per heavy atom. The molecular weight excluding hydrogens is 264 g/mol. The topological polar surface area (TPSA) is 80.5 Å². The Morgan fingerprint density at radius 2 is 1.95 bits per heavy atom. The van der Waals surface area contributed by atoms with Crippen molar-refractivity contribution in [2.45, 2.75) is 30.9 Å². The maximum absolute atomic E-state index is 11.9. The standard InChI is InChI=1S/C13H16N2O3S/c14-19(17,18)12-7-13(16)15(8-12)11-5-4-9-2-1-3-10(9)6-11/h4-6,12H,1-3,7-8H2,(H2,14,17,18). The van der Waals surface area contributed by atoms with Crippen molar-refractivity contribution < 1.29 is 13.2 Å². The summed E-state index contributed by atoms with van der Waals surface area (Å²) in [5.74, 6) is -0.169. The quantitative estimate of drug-likeness (QED) is 0.860. The molecule has 1 aliphatic carbocycles. The second-order valence-electron chi connectivity index (χ2n) is 5.23. The highest BCUT2D eigenvalue weighted by Crippen LogP contribution is 2.30. The molecule has 1 aliphatic heterocycles. The molecule has 6 heteroatoms. The number of hydrogen-bond donors (Lipinski definition) is 1. The lowest BCUT2D eigenvalue weighted by Gasteiger charge is -2.17. The van der Waals surface area contributed by atoms with Crippen molar-refractivity contribution >= 4 is 21.6 Å². The molecule has 19 heavy (non-hydrogen) atoms. The molecule has 1 aromatic carbocycles. The van der Waals surface area contributed by atoms with E-state index in [0.29, 0.717) is 0 Å². The Bertz CT molecular complexity index is 639. The molecule has 1 fully saturated rings. The SMILES string of the molecule is NS(=O)(=O)C1CC(=O)N(c2ccc3c(c2)CCC3)C1. The van der Waals surface area contributed by atoms with Gasteiger partial charge in [0.25, 0.3) is 0 Å². The number of carbonyl (C=O) groups is 1. The molecule has 0 spiro atoms. The molecule has 1 unspecified atom stereocenters. The van der Waals surface area contributed by atoms with Crippen molar-refractivity contribution in [3.05, 3.63) is 29.3 Å². The largest absolute Gasteiger partial charge is 0.311 e. The van der Waals surface area contributed by atoms with Crippen LogP contribution in [0.3, 0.4) is 0 Å². The molecule has 0 bridgehead atoms. The fraction of sp³-hybridized carbons (Fsp3) is 0.462. The van der Waals surface area contributed by atoms with Crippen LogP contribution in [0.5, 0.6) is 0 Å². The van der Waals surface area contributed by atoms with Crippen molar-refractivity contribution in [1.29, 1.82) is 0 Å². The summed E-state index contributed by atoms with van der Waals surface area (Å²) >= 11 is 0. The zero-order valence-electron chi connectivity index (χ0n) is 10.5. The van der Waals surface area contributed by atoms with Crippen molar-refractivity contribution in [3.63, 3.8) is 0 Å². The molecule has 0 aromatic heterocycles. The molecule has 5 nitrogen and oxygen atoms in total. The van der Waals surface area contributed by atoms with Gasteiger partial charge in [-0.15, -0.1) is 0 Å². The van der Waals surface area contributed by atoms with Gasteiger partial charge in [-0.25, -0.2) is 13.6 Å². The first-order valence-electron chi connectivity index (χ1n) is 6.39. The monoisotopic (exact) mass is 280 g/mol. The fourth-order valence-corrected chi connectivity index (χ4v) is 3.60. The highest BCUT2D eigenvalue weighted by atomic mass is 32.2. The third-order valence-corrected chi connectivity index (χ3v) is 5.19. The molecule has 1 saturated heterocycles. The Balaban J connectivity index is 1.89. The van der Waals surface area contributed by atoms with Gasteiger partial charge in [0.1, 0.15) is 5.25 Å². The van der Waals surface area contributed by atoms with Crippen LogP contribution in [0.25, 0.3) is 0 Å². The predicted octanol–water partition coefficient (Wildman–Crippen LogP) is 0.569. The van der Waals surface area contributed by atoms with Gasteiger partial charge in [-0.2, -0.15) is 0 Å². The van der Waals surface area contributed by atoms with Gasteiger partial charge in [-0.1, -0.05) is 6.07 Å². The molecule has 2 N–H and O–H groups in total. The zero-order valence-corrected chi connectivity index (χ0v) is 11.3. The van der Waals surface area contributed by atoms with Crippen molar-refractivity contribution in [3.8, 4) is 0 Å². The molecule has 1 heterocycles. The smallest absolute Gasteiger partial charge is 0.228 e. The van der Waals surface area contributed by atoms with Gasteiger partial charge in [0.2, 0.25) is 15.9 Å². The fourth-order valence-electron chi connectivity index (χ4n) is 2.87. The summed E-state index contributed by atoms with van der Waals surface area (Å²) in [5.41, 5.74) is 3.39. The molecule has 1 aromatic rings. The van der Waals surface area contributed by atoms with Gasteiger partial charge >= 0.3 is 0 Å². The van der Waals surface area contributed by atoms with E-state index in [2.05, 4.69) is 0 Å². The molecule has 102 valence electrons. The lowest BCUT2D eigenvalue weighted by Crippen LogP contribution is -2.32. The van der Waals surface area contributed by atoms with Gasteiger partial charge in [0.15, 0.2) is 0 Å². The van der Waals surface area contributed by atoms with Crippen LogP contribution in [-0.4, -0.2) is 26.1 Å². The van der Waals surface area contributed by atoms with Gasteiger partial charge < -0.3 is 4.90 Å². The first-order valence-corrected chi connectivity index (χ1v) is 8.00. The number of aryl methyl sites for hydroxylation is 2. The Kier molecular flexibility index (Phi) is 2.87. The zero-order chi connectivity index (χ0) is 13.6. The van der Waals surface area contributed by atoms with E-state index in [1.807, 2.05) is 18.2 Å². The molecule has 2 aliphatic rings. The van der Waals surface area contributed by atoms with Gasteiger partial charge in [-0.05, 0) is 42.5 Å². The maximum atomic E-state index is 11.9. The normalized spacial score (nSPS) is 22.9. The molecule has 0 saturated carbocycles. The van der Waals surface area contributed by atoms with Crippen LogP contribution in [0.1, 0.15) is 24.0 Å². The highest BCUT2D eigenvalue weighted by molar-refractivity contribution is 7.89. The van der Waals surface area contributed by atoms with Crippen LogP contribution >= 0.6 is 0 Å². The highest BCUT2D eigenvalue weighted by Gasteiger charge is 2.37. The molecule has 1 atom stereocenters. The number of carbonyl (C=O) groups excluding carboxylic acids is 1. The lowest BCUT2D eigenvalue weighted by molar-refractivity contribution is -0.117. The summed E-state index contributed by atoms with van der Waals surface area (Å²) in [6.07, 6.45) is 3.25. The number of primary sulfonamides is 1. The predicted molar refractivity (Wildman–Crippen MR) is 72.3 cm³/mol. The number of amides is 1. The Hall–Kier alpha value is -1.40. The van der Waals surface area contributed by atoms with E-state index < -0.39 is 15.3 Å². The molecule has 1 amide bonds. The summed E-state index contributed by atoms with van der Waals surface area (Å²) in [5, 5.41) is 4.34. The summed E-state index contributed by atoms with van der Waals surface area (Å²) in [6.45, 7) is 0.163. The first kappa shape index (κ1) is 12.6. The van der Waals surface area contributed by atoms with E-state index >= 15 is 0 Å². The van der Waals surface area contributed by atoms with Gasteiger partial charge in [0, 0.05) is 18.7 Å². The van der Waals surface area contributed by atoms with Crippen LogP contribution in [0, 0.1) is 0 Å². The van der Waals surface area contributed by atoms with E-state index in [1.165, 1.54) is 16.0 Å². The van der Waals surface area contributed by atoms with E-state index in [1.54, 1.807) is 0 Å². The van der Waals surface area contributed by atoms with E-state index in [-0.39, 0.29) is 18.9 Å². The van der Waals surface area contributed by atoms with Crippen molar-refractivity contribution in [2.24, 2.45) is 5.14 Å². The first-order chi connectivity index (χ1) is 8.95. The van der Waals surface area contributed by atoms with Crippen molar-refractivity contribution in [2.75, 3.05) is 11.4 Å². The second kappa shape index (κ2) is 4.31. The number of rotatable bonds is 2. The number of sulfonamides is 1. The van der Waals surface area contributed by atoms with E-state index in [4.69, 9.17) is 5.14 Å². The number of nitrogens with two attached hydrogens (primary N) is 1. The minimum atomic E-state index is -3.65. The summed E-state index contributed by atoms with van der Waals surface area (Å²) in [7, 11) is -3.65. The van der Waals surface area contributed by atoms with Crippen molar-refractivity contribution in [1.82, 2.24) is 0 Å². The molecular formula is C13H16N2O3S. The lowest BCUT2D eigenvalue weighted by atomic mass is 10.1. The number of fused-ring (bicyclic) bond motifs is 1. The molecule has 0 radical (unpaired) electrons. The average molecular weight is 280 g/mol. The summed E-state index contributed by atoms with van der Waals surface area (Å²) < 4.78 is 22.7. The Morgan fingerprint density at radius 1 is 1.21 bits per heavy atom. The number of anilines is 1. The van der Waals surface area contributed by atoms with Gasteiger partial charge in [-0.3, -0.25) is 4.79 Å². The van der Waals surface area contributed by atoms with Crippen LogP contribution < -0.4 is 10.0 Å². The summed E-state index contributed by atoms with van der Waals surface area (Å²) in [4.78, 5) is 13.5. The molecule has 3 rings (SSSR count).